The normalized spacial score (nSPS) is 33.4. The first-order valence-electron chi connectivity index (χ1n) is 6.31. The van der Waals surface area contributed by atoms with Crippen molar-refractivity contribution in [1.82, 2.24) is 4.90 Å². The van der Waals surface area contributed by atoms with Gasteiger partial charge in [0.25, 0.3) is 0 Å². The van der Waals surface area contributed by atoms with Crippen LogP contribution in [-0.2, 0) is 4.74 Å². The first-order valence-corrected chi connectivity index (χ1v) is 6.31. The van der Waals surface area contributed by atoms with Crippen LogP contribution < -0.4 is 5.73 Å². The molecule has 0 aromatic carbocycles. The summed E-state index contributed by atoms with van der Waals surface area (Å²) in [7, 11) is 0. The number of rotatable bonds is 3. The highest BCUT2D eigenvalue weighted by Crippen LogP contribution is 2.22. The number of hydrogen-bond acceptors (Lipinski definition) is 3. The topological polar surface area (TPSA) is 38.5 Å². The molecule has 96 valence electrons. The van der Waals surface area contributed by atoms with Crippen LogP contribution in [0.2, 0.25) is 0 Å². The monoisotopic (exact) mass is 248 g/mol. The van der Waals surface area contributed by atoms with Gasteiger partial charge in [-0.15, -0.1) is 12.4 Å². The summed E-state index contributed by atoms with van der Waals surface area (Å²) >= 11 is 0. The van der Waals surface area contributed by atoms with Crippen molar-refractivity contribution in [3.05, 3.63) is 0 Å². The van der Waals surface area contributed by atoms with E-state index < -0.39 is 0 Å². The van der Waals surface area contributed by atoms with Crippen LogP contribution in [-0.4, -0.2) is 43.8 Å². The Morgan fingerprint density at radius 3 is 2.81 bits per heavy atom. The van der Waals surface area contributed by atoms with Crippen molar-refractivity contribution in [1.29, 1.82) is 0 Å². The van der Waals surface area contributed by atoms with Gasteiger partial charge in [0.05, 0.1) is 6.61 Å². The van der Waals surface area contributed by atoms with E-state index in [1.165, 1.54) is 38.9 Å². The molecule has 0 aliphatic carbocycles. The zero-order valence-electron chi connectivity index (χ0n) is 10.2. The molecule has 0 spiro atoms. The first-order chi connectivity index (χ1) is 7.25. The van der Waals surface area contributed by atoms with E-state index in [1.54, 1.807) is 0 Å². The molecule has 2 heterocycles. The highest BCUT2D eigenvalue weighted by atomic mass is 35.5. The van der Waals surface area contributed by atoms with Gasteiger partial charge < -0.3 is 15.4 Å². The fourth-order valence-corrected chi connectivity index (χ4v) is 2.77. The summed E-state index contributed by atoms with van der Waals surface area (Å²) in [6, 6.07) is 0.359. The van der Waals surface area contributed by atoms with Gasteiger partial charge in [0.15, 0.2) is 0 Å². The number of nitrogens with zero attached hydrogens (tertiary/aromatic N) is 1. The zero-order valence-corrected chi connectivity index (χ0v) is 11.0. The average molecular weight is 249 g/mol. The van der Waals surface area contributed by atoms with Gasteiger partial charge in [-0.1, -0.05) is 0 Å². The molecule has 0 saturated carbocycles. The summed E-state index contributed by atoms with van der Waals surface area (Å²) in [5, 5.41) is 0. The molecule has 3 unspecified atom stereocenters. The molecule has 2 aliphatic heterocycles. The Bertz CT molecular complexity index is 195. The van der Waals surface area contributed by atoms with Gasteiger partial charge in [-0.3, -0.25) is 0 Å². The van der Waals surface area contributed by atoms with Crippen molar-refractivity contribution in [2.75, 3.05) is 32.8 Å². The molecular formula is C12H25ClN2O. The first kappa shape index (κ1) is 14.2. The van der Waals surface area contributed by atoms with Crippen molar-refractivity contribution in [3.63, 3.8) is 0 Å². The second kappa shape index (κ2) is 6.80. The molecule has 0 aromatic rings. The molecule has 2 fully saturated rings. The number of ether oxygens (including phenoxy) is 1. The molecule has 2 saturated heterocycles. The van der Waals surface area contributed by atoms with Crippen molar-refractivity contribution < 1.29 is 4.74 Å². The van der Waals surface area contributed by atoms with Crippen LogP contribution in [0, 0.1) is 11.8 Å². The third-order valence-corrected chi connectivity index (χ3v) is 3.82. The SMILES string of the molecule is CC(N)C1CCN(CC2CCCOC2)C1.Cl. The van der Waals surface area contributed by atoms with E-state index in [2.05, 4.69) is 11.8 Å². The fraction of sp³-hybridized carbons (Fsp3) is 1.00. The molecule has 0 bridgehead atoms. The quantitative estimate of drug-likeness (QED) is 0.823. The lowest BCUT2D eigenvalue weighted by atomic mass is 10.0. The molecule has 0 radical (unpaired) electrons. The third-order valence-electron chi connectivity index (χ3n) is 3.82. The van der Waals surface area contributed by atoms with E-state index in [0.717, 1.165) is 25.0 Å². The van der Waals surface area contributed by atoms with Crippen LogP contribution >= 0.6 is 12.4 Å². The summed E-state index contributed by atoms with van der Waals surface area (Å²) in [5.74, 6) is 1.49. The molecule has 16 heavy (non-hydrogen) atoms. The molecule has 4 heteroatoms. The molecule has 3 atom stereocenters. The Labute approximate surface area is 105 Å². The molecule has 2 aliphatic rings. The summed E-state index contributed by atoms with van der Waals surface area (Å²) in [6.45, 7) is 7.75. The number of likely N-dealkylation sites (tertiary alicyclic amines) is 1. The molecule has 0 amide bonds. The lowest BCUT2D eigenvalue weighted by Gasteiger charge is -2.27. The Kier molecular flexibility index (Phi) is 6.05. The van der Waals surface area contributed by atoms with E-state index in [-0.39, 0.29) is 12.4 Å². The fourth-order valence-electron chi connectivity index (χ4n) is 2.77. The Morgan fingerprint density at radius 1 is 1.44 bits per heavy atom. The maximum Gasteiger partial charge on any atom is 0.0506 e. The van der Waals surface area contributed by atoms with Gasteiger partial charge >= 0.3 is 0 Å². The highest BCUT2D eigenvalue weighted by molar-refractivity contribution is 5.85. The zero-order chi connectivity index (χ0) is 10.7. The van der Waals surface area contributed by atoms with Crippen molar-refractivity contribution in [3.8, 4) is 0 Å². The van der Waals surface area contributed by atoms with Crippen LogP contribution in [0.5, 0.6) is 0 Å². The summed E-state index contributed by atoms with van der Waals surface area (Å²) in [4.78, 5) is 2.58. The minimum absolute atomic E-state index is 0. The van der Waals surface area contributed by atoms with Crippen LogP contribution in [0.3, 0.4) is 0 Å². The van der Waals surface area contributed by atoms with Gasteiger partial charge in [0.2, 0.25) is 0 Å². The molecule has 2 rings (SSSR count). The van der Waals surface area contributed by atoms with Crippen molar-refractivity contribution >= 4 is 12.4 Å². The van der Waals surface area contributed by atoms with E-state index in [9.17, 15) is 0 Å². The van der Waals surface area contributed by atoms with Crippen LogP contribution in [0.1, 0.15) is 26.2 Å². The Morgan fingerprint density at radius 2 is 2.25 bits per heavy atom. The third kappa shape index (κ3) is 3.88. The van der Waals surface area contributed by atoms with Gasteiger partial charge in [-0.05, 0) is 44.6 Å². The largest absolute Gasteiger partial charge is 0.381 e. The van der Waals surface area contributed by atoms with Crippen LogP contribution in [0.15, 0.2) is 0 Å². The predicted octanol–water partition coefficient (Wildman–Crippen LogP) is 1.50. The summed E-state index contributed by atoms with van der Waals surface area (Å²) < 4.78 is 5.52. The highest BCUT2D eigenvalue weighted by Gasteiger charge is 2.27. The summed E-state index contributed by atoms with van der Waals surface area (Å²) in [6.07, 6.45) is 3.87. The smallest absolute Gasteiger partial charge is 0.0506 e. The van der Waals surface area contributed by atoms with Gasteiger partial charge in [-0.25, -0.2) is 0 Å². The lowest BCUT2D eigenvalue weighted by Crippen LogP contribution is -2.34. The molecule has 2 N–H and O–H groups in total. The van der Waals surface area contributed by atoms with Gasteiger partial charge in [0.1, 0.15) is 0 Å². The maximum atomic E-state index is 5.94. The number of hydrogen-bond donors (Lipinski definition) is 1. The van der Waals surface area contributed by atoms with E-state index in [4.69, 9.17) is 10.5 Å². The van der Waals surface area contributed by atoms with Crippen LogP contribution in [0.25, 0.3) is 0 Å². The number of nitrogens with two attached hydrogens (primary N) is 1. The van der Waals surface area contributed by atoms with E-state index in [0.29, 0.717) is 6.04 Å². The minimum Gasteiger partial charge on any atom is -0.381 e. The van der Waals surface area contributed by atoms with Crippen molar-refractivity contribution in [2.24, 2.45) is 17.6 Å². The lowest BCUT2D eigenvalue weighted by molar-refractivity contribution is 0.0412. The summed E-state index contributed by atoms with van der Waals surface area (Å²) in [5.41, 5.74) is 5.94. The van der Waals surface area contributed by atoms with E-state index in [1.807, 2.05) is 0 Å². The van der Waals surface area contributed by atoms with Gasteiger partial charge in [-0.2, -0.15) is 0 Å². The molecule has 3 nitrogen and oxygen atoms in total. The average Bonchev–Trinajstić information content (AvgIpc) is 2.68. The maximum absolute atomic E-state index is 5.94. The van der Waals surface area contributed by atoms with Crippen LogP contribution in [0.4, 0.5) is 0 Å². The predicted molar refractivity (Wildman–Crippen MR) is 69.0 cm³/mol. The molecule has 0 aromatic heterocycles. The second-order valence-corrected chi connectivity index (χ2v) is 5.25. The second-order valence-electron chi connectivity index (χ2n) is 5.25. The Hall–Kier alpha value is 0.170. The van der Waals surface area contributed by atoms with Crippen molar-refractivity contribution in [2.45, 2.75) is 32.2 Å². The Balaban J connectivity index is 0.00000128. The minimum atomic E-state index is 0. The van der Waals surface area contributed by atoms with E-state index >= 15 is 0 Å². The standard InChI is InChI=1S/C12H24N2O.ClH/c1-10(13)12-4-5-14(8-12)7-11-3-2-6-15-9-11;/h10-12H,2-9,13H2,1H3;1H. The number of halogens is 1. The van der Waals surface area contributed by atoms with Gasteiger partial charge in [0, 0.05) is 25.7 Å². The molecular weight excluding hydrogens is 224 g/mol.